The molecule has 2 aromatic heterocycles. The van der Waals surface area contributed by atoms with E-state index in [4.69, 9.17) is 5.21 Å². The van der Waals surface area contributed by atoms with Crippen molar-refractivity contribution in [3.8, 4) is 0 Å². The average molecular weight is 166 g/mol. The monoisotopic (exact) mass is 166 g/mol. The minimum atomic E-state index is 0.744. The fourth-order valence-corrected chi connectivity index (χ4v) is 1.77. The molecule has 0 saturated heterocycles. The van der Waals surface area contributed by atoms with Crippen molar-refractivity contribution < 1.29 is 5.21 Å². The zero-order valence-electron chi connectivity index (χ0n) is 5.61. The molecule has 0 radical (unpaired) electrons. The number of hydrogen-bond acceptors (Lipinski definition) is 4. The summed E-state index contributed by atoms with van der Waals surface area (Å²) >= 11 is 1.47. The summed E-state index contributed by atoms with van der Waals surface area (Å²) in [5.41, 5.74) is 2.11. The topological polar surface area (TPSA) is 45.1 Å². The Hall–Kier alpha value is -1.13. The van der Waals surface area contributed by atoms with Crippen molar-refractivity contribution in [2.75, 3.05) is 5.48 Å². The predicted octanol–water partition coefficient (Wildman–Crippen LogP) is 2.10. The van der Waals surface area contributed by atoms with E-state index < -0.39 is 0 Å². The molecule has 0 fully saturated rings. The van der Waals surface area contributed by atoms with E-state index in [9.17, 15) is 0 Å². The van der Waals surface area contributed by atoms with Crippen LogP contribution in [0.3, 0.4) is 0 Å². The SMILES string of the molecule is ONc1cc2ccncc2s1. The first-order valence-electron chi connectivity index (χ1n) is 3.14. The van der Waals surface area contributed by atoms with Gasteiger partial charge in [-0.1, -0.05) is 0 Å². The molecule has 2 aromatic rings. The van der Waals surface area contributed by atoms with Crippen molar-refractivity contribution in [1.82, 2.24) is 4.98 Å². The molecule has 56 valence electrons. The van der Waals surface area contributed by atoms with Crippen LogP contribution < -0.4 is 5.48 Å². The highest BCUT2D eigenvalue weighted by Gasteiger charge is 1.98. The van der Waals surface area contributed by atoms with Crippen LogP contribution in [0, 0.1) is 0 Å². The number of nitrogens with zero attached hydrogens (tertiary/aromatic N) is 1. The normalized spacial score (nSPS) is 10.3. The van der Waals surface area contributed by atoms with Crippen molar-refractivity contribution in [3.05, 3.63) is 24.5 Å². The second-order valence-electron chi connectivity index (χ2n) is 2.14. The first-order valence-corrected chi connectivity index (χ1v) is 3.95. The Labute approximate surface area is 67.3 Å². The van der Waals surface area contributed by atoms with E-state index in [0.717, 1.165) is 15.1 Å². The molecule has 2 N–H and O–H groups in total. The highest BCUT2D eigenvalue weighted by atomic mass is 32.1. The van der Waals surface area contributed by atoms with Crippen LogP contribution in [0.1, 0.15) is 0 Å². The average Bonchev–Trinajstić information content (AvgIpc) is 2.46. The minimum Gasteiger partial charge on any atom is -0.290 e. The first-order chi connectivity index (χ1) is 5.40. The van der Waals surface area contributed by atoms with Crippen LogP contribution in [0.5, 0.6) is 0 Å². The third kappa shape index (κ3) is 1.06. The fourth-order valence-electron chi connectivity index (χ4n) is 0.940. The lowest BCUT2D eigenvalue weighted by atomic mass is 10.3. The molecular formula is C7H6N2OS. The first kappa shape index (κ1) is 6.57. The zero-order chi connectivity index (χ0) is 7.68. The second kappa shape index (κ2) is 2.48. The number of anilines is 1. The van der Waals surface area contributed by atoms with Gasteiger partial charge >= 0.3 is 0 Å². The van der Waals surface area contributed by atoms with Crippen molar-refractivity contribution in [2.45, 2.75) is 0 Å². The highest BCUT2D eigenvalue weighted by Crippen LogP contribution is 2.27. The number of aromatic nitrogens is 1. The van der Waals surface area contributed by atoms with Crippen LogP contribution >= 0.6 is 11.3 Å². The summed E-state index contributed by atoms with van der Waals surface area (Å²) in [4.78, 5) is 3.96. The molecule has 0 aromatic carbocycles. The van der Waals surface area contributed by atoms with Gasteiger partial charge in [-0.15, -0.1) is 11.3 Å². The van der Waals surface area contributed by atoms with Crippen LogP contribution in [-0.4, -0.2) is 10.2 Å². The molecule has 0 aliphatic carbocycles. The molecule has 0 spiro atoms. The molecule has 0 atom stereocenters. The number of rotatable bonds is 1. The second-order valence-corrected chi connectivity index (χ2v) is 3.22. The maximum Gasteiger partial charge on any atom is 0.114 e. The Morgan fingerprint density at radius 2 is 2.45 bits per heavy atom. The third-order valence-corrected chi connectivity index (χ3v) is 2.42. The van der Waals surface area contributed by atoms with Gasteiger partial charge in [0.05, 0.1) is 4.70 Å². The van der Waals surface area contributed by atoms with E-state index in [1.807, 2.05) is 12.1 Å². The third-order valence-electron chi connectivity index (χ3n) is 1.43. The van der Waals surface area contributed by atoms with Gasteiger partial charge in [-0.05, 0) is 17.5 Å². The van der Waals surface area contributed by atoms with Crippen LogP contribution in [0.2, 0.25) is 0 Å². The molecule has 11 heavy (non-hydrogen) atoms. The Kier molecular flexibility index (Phi) is 1.48. The molecular weight excluding hydrogens is 160 g/mol. The van der Waals surface area contributed by atoms with E-state index in [1.165, 1.54) is 11.3 Å². The number of pyridine rings is 1. The summed E-state index contributed by atoms with van der Waals surface area (Å²) in [6.07, 6.45) is 3.51. The van der Waals surface area contributed by atoms with E-state index in [0.29, 0.717) is 0 Å². The predicted molar refractivity (Wildman–Crippen MR) is 45.0 cm³/mol. The number of thiophene rings is 1. The smallest absolute Gasteiger partial charge is 0.114 e. The fraction of sp³-hybridized carbons (Fsp3) is 0. The lowest BCUT2D eigenvalue weighted by Gasteiger charge is -1.84. The van der Waals surface area contributed by atoms with Gasteiger partial charge in [0.1, 0.15) is 5.00 Å². The summed E-state index contributed by atoms with van der Waals surface area (Å²) < 4.78 is 1.07. The standard InChI is InChI=1S/C7H6N2OS/c10-9-7-3-5-1-2-8-4-6(5)11-7/h1-4,9-10H. The quantitative estimate of drug-likeness (QED) is 0.637. The van der Waals surface area contributed by atoms with E-state index >= 15 is 0 Å². The summed E-state index contributed by atoms with van der Waals surface area (Å²) in [5, 5.41) is 10.4. The lowest BCUT2D eigenvalue weighted by molar-refractivity contribution is 0.391. The van der Waals surface area contributed by atoms with Gasteiger partial charge in [-0.2, -0.15) is 0 Å². The molecule has 0 amide bonds. The zero-order valence-corrected chi connectivity index (χ0v) is 6.43. The van der Waals surface area contributed by atoms with Crippen LogP contribution in [-0.2, 0) is 0 Å². The molecule has 0 aliphatic heterocycles. The number of hydrogen-bond donors (Lipinski definition) is 2. The molecule has 3 nitrogen and oxygen atoms in total. The van der Waals surface area contributed by atoms with Crippen molar-refractivity contribution in [3.63, 3.8) is 0 Å². The molecule has 0 unspecified atom stereocenters. The molecule has 0 aliphatic rings. The summed E-state index contributed by atoms with van der Waals surface area (Å²) in [6, 6.07) is 3.79. The van der Waals surface area contributed by atoms with Gasteiger partial charge in [0, 0.05) is 12.4 Å². The van der Waals surface area contributed by atoms with Gasteiger partial charge in [0.15, 0.2) is 0 Å². The van der Waals surface area contributed by atoms with Gasteiger partial charge in [-0.3, -0.25) is 15.7 Å². The number of fused-ring (bicyclic) bond motifs is 1. The Bertz CT molecular complexity index is 338. The highest BCUT2D eigenvalue weighted by molar-refractivity contribution is 7.22. The van der Waals surface area contributed by atoms with Gasteiger partial charge in [-0.25, -0.2) is 0 Å². The van der Waals surface area contributed by atoms with Crippen molar-refractivity contribution in [1.29, 1.82) is 0 Å². The summed E-state index contributed by atoms with van der Waals surface area (Å²) in [7, 11) is 0. The summed E-state index contributed by atoms with van der Waals surface area (Å²) in [5.74, 6) is 0. The molecule has 4 heteroatoms. The molecule has 2 heterocycles. The van der Waals surface area contributed by atoms with Gasteiger partial charge < -0.3 is 0 Å². The van der Waals surface area contributed by atoms with Crippen LogP contribution in [0.25, 0.3) is 10.1 Å². The van der Waals surface area contributed by atoms with E-state index in [1.54, 1.807) is 12.4 Å². The van der Waals surface area contributed by atoms with E-state index in [2.05, 4.69) is 10.5 Å². The van der Waals surface area contributed by atoms with Crippen LogP contribution in [0.4, 0.5) is 5.00 Å². The Balaban J connectivity index is 2.69. The van der Waals surface area contributed by atoms with Crippen LogP contribution in [0.15, 0.2) is 24.5 Å². The lowest BCUT2D eigenvalue weighted by Crippen LogP contribution is -1.81. The van der Waals surface area contributed by atoms with E-state index in [-0.39, 0.29) is 0 Å². The number of nitrogens with one attached hydrogen (secondary N) is 1. The van der Waals surface area contributed by atoms with Gasteiger partial charge in [0.2, 0.25) is 0 Å². The molecule has 0 bridgehead atoms. The van der Waals surface area contributed by atoms with Gasteiger partial charge in [0.25, 0.3) is 0 Å². The maximum atomic E-state index is 8.58. The Morgan fingerprint density at radius 1 is 1.55 bits per heavy atom. The largest absolute Gasteiger partial charge is 0.290 e. The summed E-state index contributed by atoms with van der Waals surface area (Å²) in [6.45, 7) is 0. The molecule has 0 saturated carbocycles. The minimum absolute atomic E-state index is 0.744. The van der Waals surface area contributed by atoms with Crippen molar-refractivity contribution >= 4 is 26.4 Å². The maximum absolute atomic E-state index is 8.58. The molecule has 2 rings (SSSR count). The van der Waals surface area contributed by atoms with Crippen molar-refractivity contribution in [2.24, 2.45) is 0 Å². The Morgan fingerprint density at radius 3 is 3.18 bits per heavy atom.